The molecule has 0 spiro atoms. The van der Waals surface area contributed by atoms with Crippen molar-refractivity contribution in [2.45, 2.75) is 45.5 Å². The number of rotatable bonds is 14. The molecule has 14 heteroatoms. The predicted octanol–water partition coefficient (Wildman–Crippen LogP) is 11.1. The van der Waals surface area contributed by atoms with E-state index in [9.17, 15) is 32.7 Å². The van der Waals surface area contributed by atoms with E-state index in [1.807, 2.05) is 25.1 Å². The zero-order valence-electron chi connectivity index (χ0n) is 33.1. The van der Waals surface area contributed by atoms with Crippen molar-refractivity contribution in [1.29, 1.82) is 0 Å². The van der Waals surface area contributed by atoms with Gasteiger partial charge in [0.25, 0.3) is 0 Å². The van der Waals surface area contributed by atoms with E-state index in [0.29, 0.717) is 67.7 Å². The number of para-hydroxylation sites is 1. The van der Waals surface area contributed by atoms with Crippen LogP contribution in [0.1, 0.15) is 57.0 Å². The number of carbonyl (C=O) groups is 3. The van der Waals surface area contributed by atoms with Crippen molar-refractivity contribution in [2.75, 3.05) is 16.0 Å². The van der Waals surface area contributed by atoms with E-state index in [2.05, 4.69) is 20.9 Å². The molecule has 61 heavy (non-hydrogen) atoms. The van der Waals surface area contributed by atoms with Crippen molar-refractivity contribution < 1.29 is 42.1 Å². The summed E-state index contributed by atoms with van der Waals surface area (Å²) < 4.78 is 51.0. The molecule has 11 nitrogen and oxygen atoms in total. The molecule has 5 N–H and O–H groups in total. The summed E-state index contributed by atoms with van der Waals surface area (Å²) in [5, 5.41) is 18.5. The van der Waals surface area contributed by atoms with Crippen LogP contribution in [0.25, 0.3) is 11.0 Å². The first kappa shape index (κ1) is 41.5. The maximum absolute atomic E-state index is 13.2. The molecule has 7 aromatic rings. The number of ether oxygens (including phenoxy) is 2. The highest BCUT2D eigenvalue weighted by Crippen LogP contribution is 2.33. The topological polar surface area (TPSA) is 155 Å². The van der Waals surface area contributed by atoms with Crippen LogP contribution in [0.4, 0.5) is 35.0 Å². The van der Waals surface area contributed by atoms with Gasteiger partial charge in [0.15, 0.2) is 11.9 Å². The first-order valence-corrected chi connectivity index (χ1v) is 19.2. The fourth-order valence-corrected chi connectivity index (χ4v) is 6.74. The minimum Gasteiger partial charge on any atom is -0.483 e. The van der Waals surface area contributed by atoms with Gasteiger partial charge in [0.05, 0.1) is 16.6 Å². The number of carboxylic acid groups (broad SMARTS) is 1. The first-order chi connectivity index (χ1) is 29.2. The largest absolute Gasteiger partial charge is 0.483 e. The number of carboxylic acids is 1. The third-order valence-corrected chi connectivity index (χ3v) is 9.82. The van der Waals surface area contributed by atoms with Gasteiger partial charge in [-0.2, -0.15) is 13.2 Å². The summed E-state index contributed by atoms with van der Waals surface area (Å²) in [6.45, 7) is 5.46. The molecule has 0 fully saturated rings. The Kier molecular flexibility index (Phi) is 12.1. The third-order valence-electron chi connectivity index (χ3n) is 9.82. The van der Waals surface area contributed by atoms with Gasteiger partial charge in [-0.15, -0.1) is 0 Å². The summed E-state index contributed by atoms with van der Waals surface area (Å²) in [6, 6.07) is 34.3. The molecule has 0 aliphatic heterocycles. The maximum Gasteiger partial charge on any atom is 0.416 e. The standard InChI is InChI=1S/C47H40F3N5O6/c1-27-23-36(24-28(2)42(27)55-46(59)51-33-17-15-32(16-18-33)47(48,49)50)61-35-21-22-39-40(26-35)54-44(53-39)29(3)60-34-19-13-30(14-20-34)25-41(45(57)58)52-38-12-8-7-11-37(38)43(56)31-9-5-4-6-10-31/h4-24,26,29,41,52H,25H2,1-3H3,(H,53,54)(H,57,58)(H2,51,55,59). The van der Waals surface area contributed by atoms with Gasteiger partial charge in [-0.1, -0.05) is 54.6 Å². The number of amides is 2. The Hall–Kier alpha value is -7.61. The number of aryl methyl sites for hydroxylation is 2. The van der Waals surface area contributed by atoms with Crippen molar-refractivity contribution >= 4 is 45.9 Å². The van der Waals surface area contributed by atoms with Gasteiger partial charge in [-0.25, -0.2) is 14.6 Å². The second kappa shape index (κ2) is 17.7. The minimum atomic E-state index is -4.47. The molecule has 2 amide bonds. The lowest BCUT2D eigenvalue weighted by molar-refractivity contribution is -0.138. The molecule has 1 heterocycles. The first-order valence-electron chi connectivity index (χ1n) is 19.2. The molecule has 7 rings (SSSR count). The number of nitrogens with one attached hydrogen (secondary N) is 4. The molecule has 6 aromatic carbocycles. The molecule has 0 aliphatic rings. The number of aromatic amines is 1. The van der Waals surface area contributed by atoms with Gasteiger partial charge in [0.2, 0.25) is 0 Å². The summed E-state index contributed by atoms with van der Waals surface area (Å²) >= 11 is 0. The van der Waals surface area contributed by atoms with E-state index < -0.39 is 35.9 Å². The Morgan fingerprint density at radius 1 is 0.770 bits per heavy atom. The number of hydrogen-bond acceptors (Lipinski definition) is 7. The number of urea groups is 1. The van der Waals surface area contributed by atoms with Crippen LogP contribution in [0.15, 0.2) is 133 Å². The number of nitrogens with zero attached hydrogens (tertiary/aromatic N) is 1. The van der Waals surface area contributed by atoms with E-state index in [-0.39, 0.29) is 17.9 Å². The van der Waals surface area contributed by atoms with Gasteiger partial charge in [-0.3, -0.25) is 4.79 Å². The molecular weight excluding hydrogens is 788 g/mol. The molecule has 2 atom stereocenters. The summed E-state index contributed by atoms with van der Waals surface area (Å²) in [4.78, 5) is 46.2. The number of anilines is 3. The summed E-state index contributed by atoms with van der Waals surface area (Å²) in [7, 11) is 0. The molecular formula is C47H40F3N5O6. The van der Waals surface area contributed by atoms with E-state index in [1.165, 1.54) is 12.1 Å². The minimum absolute atomic E-state index is 0.152. The zero-order chi connectivity index (χ0) is 43.3. The van der Waals surface area contributed by atoms with Gasteiger partial charge in [-0.05, 0) is 110 Å². The van der Waals surface area contributed by atoms with Gasteiger partial charge >= 0.3 is 18.2 Å². The molecule has 0 radical (unpaired) electrons. The fourth-order valence-electron chi connectivity index (χ4n) is 6.74. The number of ketones is 1. The number of H-pyrrole nitrogens is 1. The monoisotopic (exact) mass is 827 g/mol. The number of aliphatic carboxylic acids is 1. The van der Waals surface area contributed by atoms with Crippen LogP contribution in [0, 0.1) is 13.8 Å². The molecule has 0 saturated carbocycles. The Morgan fingerprint density at radius 2 is 1.43 bits per heavy atom. The van der Waals surface area contributed by atoms with Crippen LogP contribution in [0.3, 0.4) is 0 Å². The molecule has 1 aromatic heterocycles. The summed E-state index contributed by atoms with van der Waals surface area (Å²) in [6.07, 6.45) is -4.80. The van der Waals surface area contributed by atoms with Crippen molar-refractivity contribution in [3.8, 4) is 17.2 Å². The van der Waals surface area contributed by atoms with Crippen molar-refractivity contribution in [2.24, 2.45) is 0 Å². The fraction of sp³-hybridized carbons (Fsp3) is 0.149. The Bertz CT molecular complexity index is 2680. The van der Waals surface area contributed by atoms with Crippen LogP contribution in [-0.4, -0.2) is 38.9 Å². The van der Waals surface area contributed by atoms with Crippen molar-refractivity contribution in [3.05, 3.63) is 173 Å². The number of fused-ring (bicyclic) bond motifs is 1. The Balaban J connectivity index is 0.954. The van der Waals surface area contributed by atoms with Crippen LogP contribution in [0.5, 0.6) is 17.2 Å². The SMILES string of the molecule is Cc1cc(Oc2ccc3nc(C(C)Oc4ccc(CC(Nc5ccccc5C(=O)c5ccccc5)C(=O)O)cc4)[nH]c3c2)cc(C)c1NC(=O)Nc1ccc(C(F)(F)F)cc1. The van der Waals surface area contributed by atoms with E-state index in [1.54, 1.807) is 105 Å². The number of benzene rings is 6. The van der Waals surface area contributed by atoms with Gasteiger partial charge in [0, 0.05) is 40.7 Å². The van der Waals surface area contributed by atoms with Crippen LogP contribution >= 0.6 is 0 Å². The average molecular weight is 828 g/mol. The number of imidazole rings is 1. The summed E-state index contributed by atoms with van der Waals surface area (Å²) in [5.41, 5.74) is 4.82. The van der Waals surface area contributed by atoms with Crippen LogP contribution in [-0.2, 0) is 17.4 Å². The molecule has 310 valence electrons. The number of aromatic nitrogens is 2. The number of halogens is 3. The lowest BCUT2D eigenvalue weighted by atomic mass is 10.00. The highest BCUT2D eigenvalue weighted by Gasteiger charge is 2.30. The Morgan fingerprint density at radius 3 is 2.10 bits per heavy atom. The van der Waals surface area contributed by atoms with E-state index in [0.717, 1.165) is 17.7 Å². The number of carbonyl (C=O) groups excluding carboxylic acids is 2. The van der Waals surface area contributed by atoms with E-state index >= 15 is 0 Å². The van der Waals surface area contributed by atoms with Crippen LogP contribution in [0.2, 0.25) is 0 Å². The van der Waals surface area contributed by atoms with Crippen molar-refractivity contribution in [3.63, 3.8) is 0 Å². The lowest BCUT2D eigenvalue weighted by Crippen LogP contribution is -2.32. The smallest absolute Gasteiger partial charge is 0.416 e. The molecule has 0 bridgehead atoms. The Labute approximate surface area is 348 Å². The number of alkyl halides is 3. The predicted molar refractivity (Wildman–Crippen MR) is 227 cm³/mol. The normalized spacial score (nSPS) is 12.3. The lowest BCUT2D eigenvalue weighted by Gasteiger charge is -2.19. The maximum atomic E-state index is 13.2. The second-order valence-corrected chi connectivity index (χ2v) is 14.4. The highest BCUT2D eigenvalue weighted by atomic mass is 19.4. The highest BCUT2D eigenvalue weighted by molar-refractivity contribution is 6.12. The second-order valence-electron chi connectivity index (χ2n) is 14.4. The molecule has 0 saturated heterocycles. The number of hydrogen-bond donors (Lipinski definition) is 5. The third kappa shape index (κ3) is 10.2. The van der Waals surface area contributed by atoms with Crippen LogP contribution < -0.4 is 25.4 Å². The summed E-state index contributed by atoms with van der Waals surface area (Å²) in [5.74, 6) is 0.921. The zero-order valence-corrected chi connectivity index (χ0v) is 33.1. The molecule has 0 aliphatic carbocycles. The van der Waals surface area contributed by atoms with Gasteiger partial charge in [0.1, 0.15) is 29.1 Å². The molecule has 2 unspecified atom stereocenters. The quantitative estimate of drug-likeness (QED) is 0.0679. The average Bonchev–Trinajstić information content (AvgIpc) is 3.67. The van der Waals surface area contributed by atoms with Gasteiger partial charge < -0.3 is 35.5 Å². The van der Waals surface area contributed by atoms with Crippen molar-refractivity contribution in [1.82, 2.24) is 9.97 Å². The van der Waals surface area contributed by atoms with E-state index in [4.69, 9.17) is 14.5 Å².